The number of aromatic nitrogens is 2. The quantitative estimate of drug-likeness (QED) is 0.726. The Morgan fingerprint density at radius 2 is 1.95 bits per heavy atom. The van der Waals surface area contributed by atoms with Gasteiger partial charge in [-0.3, -0.25) is 9.59 Å². The van der Waals surface area contributed by atoms with Crippen LogP contribution in [0.25, 0.3) is 0 Å². The fraction of sp³-hybridized carbons (Fsp3) is 0.300. The lowest BCUT2D eigenvalue weighted by atomic mass is 10.1. The Balaban J connectivity index is 2.51. The minimum absolute atomic E-state index is 0.0926. The van der Waals surface area contributed by atoms with Crippen LogP contribution in [0, 0.1) is 0 Å². The average molecular weight is 289 g/mol. The third kappa shape index (κ3) is 2.19. The smallest absolute Gasteiger partial charge is 0.273 e. The molecule has 1 aliphatic rings. The second-order valence-corrected chi connectivity index (χ2v) is 4.05. The fourth-order valence-corrected chi connectivity index (χ4v) is 1.82. The van der Waals surface area contributed by atoms with Crippen molar-refractivity contribution in [2.45, 2.75) is 19.1 Å². The molecule has 0 fully saturated rings. The fourth-order valence-electron chi connectivity index (χ4n) is 1.82. The lowest BCUT2D eigenvalue weighted by Crippen LogP contribution is -2.24. The minimum Gasteiger partial charge on any atom is -0.366 e. The van der Waals surface area contributed by atoms with Crippen molar-refractivity contribution in [1.82, 2.24) is 9.78 Å². The highest BCUT2D eigenvalue weighted by atomic mass is 19.3. The standard InChI is InChI=1S/C10H10F3N5O2/c11-5(7(12)13)4-6(9(15)20)17-18-2-3(8(14)19)1-16-10(4)18/h1,5,7,16H,2H2,(H2,14,19)(H2,15,20). The Bertz CT molecular complexity index is 610. The van der Waals surface area contributed by atoms with E-state index >= 15 is 0 Å². The SMILES string of the molecule is NC(=O)C1=CNc2c(C(F)C(F)F)c(C(N)=O)nn2C1. The molecule has 1 aliphatic heterocycles. The summed E-state index contributed by atoms with van der Waals surface area (Å²) in [7, 11) is 0. The van der Waals surface area contributed by atoms with E-state index in [9.17, 15) is 22.8 Å². The third-order valence-electron chi connectivity index (χ3n) is 2.74. The molecular weight excluding hydrogens is 279 g/mol. The second-order valence-electron chi connectivity index (χ2n) is 4.05. The average Bonchev–Trinajstić information content (AvgIpc) is 2.75. The number of carbonyl (C=O) groups is 2. The first-order valence-corrected chi connectivity index (χ1v) is 5.41. The van der Waals surface area contributed by atoms with Gasteiger partial charge in [0.15, 0.2) is 11.9 Å². The molecule has 7 nitrogen and oxygen atoms in total. The second kappa shape index (κ2) is 4.87. The molecule has 0 saturated heterocycles. The van der Waals surface area contributed by atoms with Crippen LogP contribution in [0.3, 0.4) is 0 Å². The largest absolute Gasteiger partial charge is 0.366 e. The van der Waals surface area contributed by atoms with Gasteiger partial charge in [-0.2, -0.15) is 5.10 Å². The van der Waals surface area contributed by atoms with Crippen molar-refractivity contribution >= 4 is 17.6 Å². The summed E-state index contributed by atoms with van der Waals surface area (Å²) in [5, 5.41) is 6.07. The van der Waals surface area contributed by atoms with E-state index in [-0.39, 0.29) is 17.9 Å². The van der Waals surface area contributed by atoms with Crippen molar-refractivity contribution in [3.8, 4) is 0 Å². The van der Waals surface area contributed by atoms with Gasteiger partial charge in [0.2, 0.25) is 5.91 Å². The Kier molecular flexibility index (Phi) is 3.38. The van der Waals surface area contributed by atoms with Crippen LogP contribution in [0.1, 0.15) is 22.2 Å². The summed E-state index contributed by atoms with van der Waals surface area (Å²) in [4.78, 5) is 22.2. The normalized spacial score (nSPS) is 15.3. The van der Waals surface area contributed by atoms with Gasteiger partial charge in [0.1, 0.15) is 5.82 Å². The molecule has 2 heterocycles. The highest BCUT2D eigenvalue weighted by Gasteiger charge is 2.34. The van der Waals surface area contributed by atoms with Crippen LogP contribution in [0.4, 0.5) is 19.0 Å². The van der Waals surface area contributed by atoms with Gasteiger partial charge in [-0.15, -0.1) is 0 Å². The van der Waals surface area contributed by atoms with Crippen LogP contribution >= 0.6 is 0 Å². The summed E-state index contributed by atoms with van der Waals surface area (Å²) >= 11 is 0. The molecular formula is C10H10F3N5O2. The molecule has 108 valence electrons. The topological polar surface area (TPSA) is 116 Å². The van der Waals surface area contributed by atoms with Crippen molar-refractivity contribution in [2.24, 2.45) is 11.5 Å². The van der Waals surface area contributed by atoms with E-state index in [4.69, 9.17) is 11.5 Å². The Morgan fingerprint density at radius 1 is 1.30 bits per heavy atom. The van der Waals surface area contributed by atoms with Crippen molar-refractivity contribution in [3.05, 3.63) is 23.0 Å². The predicted molar refractivity (Wildman–Crippen MR) is 61.5 cm³/mol. The van der Waals surface area contributed by atoms with E-state index < -0.39 is 35.7 Å². The summed E-state index contributed by atoms with van der Waals surface area (Å²) in [6.07, 6.45) is -4.92. The number of amides is 2. The van der Waals surface area contributed by atoms with E-state index in [0.717, 1.165) is 10.9 Å². The number of nitrogens with zero attached hydrogens (tertiary/aromatic N) is 2. The summed E-state index contributed by atoms with van der Waals surface area (Å²) in [6, 6.07) is 0. The first-order valence-electron chi connectivity index (χ1n) is 5.41. The van der Waals surface area contributed by atoms with Crippen molar-refractivity contribution < 1.29 is 22.8 Å². The number of halogens is 3. The summed E-state index contributed by atoms with van der Waals surface area (Å²) in [5.74, 6) is -2.06. The van der Waals surface area contributed by atoms with E-state index in [0.29, 0.717) is 0 Å². The molecule has 1 atom stereocenters. The molecule has 20 heavy (non-hydrogen) atoms. The van der Waals surface area contributed by atoms with Crippen molar-refractivity contribution in [1.29, 1.82) is 0 Å². The van der Waals surface area contributed by atoms with E-state index in [1.54, 1.807) is 0 Å². The van der Waals surface area contributed by atoms with Gasteiger partial charge in [0, 0.05) is 6.20 Å². The molecule has 2 amide bonds. The molecule has 0 aromatic carbocycles. The van der Waals surface area contributed by atoms with Crippen LogP contribution in [0.2, 0.25) is 0 Å². The number of fused-ring (bicyclic) bond motifs is 1. The first-order chi connectivity index (χ1) is 9.32. The van der Waals surface area contributed by atoms with Crippen molar-refractivity contribution in [3.63, 3.8) is 0 Å². The molecule has 1 aromatic rings. The van der Waals surface area contributed by atoms with E-state index in [2.05, 4.69) is 10.4 Å². The predicted octanol–water partition coefficient (Wildman–Crippen LogP) is 0.0524. The van der Waals surface area contributed by atoms with Crippen LogP contribution in [0.5, 0.6) is 0 Å². The minimum atomic E-state index is -3.34. The van der Waals surface area contributed by atoms with E-state index in [1.807, 2.05) is 0 Å². The molecule has 2 rings (SSSR count). The first kappa shape index (κ1) is 13.9. The number of anilines is 1. The number of alkyl halides is 3. The molecule has 10 heteroatoms. The maximum absolute atomic E-state index is 13.6. The maximum atomic E-state index is 13.6. The number of primary amides is 2. The Labute approximate surface area is 110 Å². The molecule has 0 radical (unpaired) electrons. The summed E-state index contributed by atoms with van der Waals surface area (Å²) in [5.41, 5.74) is 8.91. The van der Waals surface area contributed by atoms with Crippen molar-refractivity contribution in [2.75, 3.05) is 5.32 Å². The van der Waals surface area contributed by atoms with Crippen LogP contribution in [-0.4, -0.2) is 28.0 Å². The third-order valence-corrected chi connectivity index (χ3v) is 2.74. The highest BCUT2D eigenvalue weighted by Crippen LogP contribution is 2.35. The maximum Gasteiger partial charge on any atom is 0.273 e. The summed E-state index contributed by atoms with van der Waals surface area (Å²) in [6.45, 7) is -0.173. The zero-order valence-corrected chi connectivity index (χ0v) is 9.94. The van der Waals surface area contributed by atoms with E-state index in [1.165, 1.54) is 0 Å². The molecule has 1 aromatic heterocycles. The Hall–Kier alpha value is -2.52. The molecule has 0 bridgehead atoms. The van der Waals surface area contributed by atoms with Gasteiger partial charge in [-0.05, 0) is 0 Å². The molecule has 0 spiro atoms. The summed E-state index contributed by atoms with van der Waals surface area (Å²) < 4.78 is 39.6. The zero-order chi connectivity index (χ0) is 15.0. The number of hydrogen-bond acceptors (Lipinski definition) is 4. The van der Waals surface area contributed by atoms with Crippen LogP contribution in [0.15, 0.2) is 11.8 Å². The number of carbonyl (C=O) groups excluding carboxylic acids is 2. The molecule has 0 aliphatic carbocycles. The molecule has 1 unspecified atom stereocenters. The molecule has 5 N–H and O–H groups in total. The van der Waals surface area contributed by atoms with Gasteiger partial charge in [0.25, 0.3) is 12.3 Å². The van der Waals surface area contributed by atoms with Gasteiger partial charge < -0.3 is 16.8 Å². The monoisotopic (exact) mass is 289 g/mol. The van der Waals surface area contributed by atoms with Crippen LogP contribution in [-0.2, 0) is 11.3 Å². The highest BCUT2D eigenvalue weighted by molar-refractivity contribution is 5.95. The number of nitrogens with two attached hydrogens (primary N) is 2. The Morgan fingerprint density at radius 3 is 2.45 bits per heavy atom. The molecule has 0 saturated carbocycles. The van der Waals surface area contributed by atoms with Gasteiger partial charge in [-0.25, -0.2) is 17.9 Å². The number of rotatable bonds is 4. The number of hydrogen-bond donors (Lipinski definition) is 3. The zero-order valence-electron chi connectivity index (χ0n) is 9.94. The lowest BCUT2D eigenvalue weighted by Gasteiger charge is -2.17. The lowest BCUT2D eigenvalue weighted by molar-refractivity contribution is -0.114. The number of nitrogens with one attached hydrogen (secondary N) is 1. The van der Waals surface area contributed by atoms with Gasteiger partial charge >= 0.3 is 0 Å². The van der Waals surface area contributed by atoms with Crippen LogP contribution < -0.4 is 16.8 Å². The van der Waals surface area contributed by atoms with Gasteiger partial charge in [0.05, 0.1) is 17.7 Å². The van der Waals surface area contributed by atoms with Gasteiger partial charge in [-0.1, -0.05) is 0 Å².